The van der Waals surface area contributed by atoms with Crippen molar-refractivity contribution in [1.82, 2.24) is 10.6 Å². The van der Waals surface area contributed by atoms with Crippen LogP contribution in [0, 0.1) is 10.1 Å². The molecule has 1 unspecified atom stereocenters. The molecule has 0 bridgehead atoms. The predicted molar refractivity (Wildman–Crippen MR) is 101 cm³/mol. The van der Waals surface area contributed by atoms with Gasteiger partial charge in [0.25, 0.3) is 5.69 Å². The number of ether oxygens (including phenoxy) is 2. The Morgan fingerprint density at radius 2 is 1.72 bits per heavy atom. The van der Waals surface area contributed by atoms with E-state index in [0.717, 1.165) is 5.56 Å². The number of amides is 2. The van der Waals surface area contributed by atoms with Gasteiger partial charge in [0.1, 0.15) is 24.9 Å². The van der Waals surface area contributed by atoms with Gasteiger partial charge in [0.05, 0.1) is 4.92 Å². The van der Waals surface area contributed by atoms with E-state index in [1.807, 2.05) is 18.2 Å². The van der Waals surface area contributed by atoms with Crippen LogP contribution in [0.2, 0.25) is 0 Å². The molecule has 2 amide bonds. The van der Waals surface area contributed by atoms with Crippen molar-refractivity contribution in [2.24, 2.45) is 0 Å². The van der Waals surface area contributed by atoms with E-state index in [-0.39, 0.29) is 18.0 Å². The second-order valence-electron chi connectivity index (χ2n) is 5.87. The van der Waals surface area contributed by atoms with Gasteiger partial charge in [-0.15, -0.1) is 0 Å². The maximum Gasteiger partial charge on any atom is 0.408 e. The fourth-order valence-electron chi connectivity index (χ4n) is 2.12. The molecule has 0 spiro atoms. The highest BCUT2D eigenvalue weighted by Gasteiger charge is 2.18. The minimum Gasteiger partial charge on any atom is -0.445 e. The van der Waals surface area contributed by atoms with E-state index in [2.05, 4.69) is 10.6 Å². The summed E-state index contributed by atoms with van der Waals surface area (Å²) >= 11 is 0. The zero-order chi connectivity index (χ0) is 21.2. The van der Waals surface area contributed by atoms with Gasteiger partial charge < -0.3 is 20.1 Å². The number of alkyl carbamates (subject to hydrolysis) is 1. The monoisotopic (exact) mass is 401 g/mol. The number of hydrogen-bond acceptors (Lipinski definition) is 7. The standard InChI is InChI=1S/C19H19N3O7/c1-13(21-19(25)28-12-14-5-3-2-4-6-14)18(24)20-11-17(23)29-16-9-7-15(8-10-16)22(26)27/h2-10,13H,11-12H2,1H3,(H,20,24)(H,21,25). The second-order valence-corrected chi connectivity index (χ2v) is 5.87. The van der Waals surface area contributed by atoms with E-state index in [4.69, 9.17) is 9.47 Å². The lowest BCUT2D eigenvalue weighted by Crippen LogP contribution is -2.46. The molecule has 1 atom stereocenters. The van der Waals surface area contributed by atoms with Crippen molar-refractivity contribution in [1.29, 1.82) is 0 Å². The summed E-state index contributed by atoms with van der Waals surface area (Å²) in [6.07, 6.45) is -0.773. The van der Waals surface area contributed by atoms with Crippen molar-refractivity contribution in [3.05, 3.63) is 70.3 Å². The number of nitro groups is 1. The molecule has 0 saturated carbocycles. The van der Waals surface area contributed by atoms with Gasteiger partial charge in [0, 0.05) is 12.1 Å². The van der Waals surface area contributed by atoms with Crippen molar-refractivity contribution < 1.29 is 28.8 Å². The first-order chi connectivity index (χ1) is 13.8. The van der Waals surface area contributed by atoms with Crippen LogP contribution in [-0.2, 0) is 20.9 Å². The second kappa shape index (κ2) is 10.4. The third kappa shape index (κ3) is 7.29. The molecule has 0 aromatic heterocycles. The number of nitrogens with zero attached hydrogens (tertiary/aromatic N) is 1. The molecular weight excluding hydrogens is 382 g/mol. The lowest BCUT2D eigenvalue weighted by atomic mass is 10.2. The maximum absolute atomic E-state index is 12.0. The Labute approximate surface area is 166 Å². The van der Waals surface area contributed by atoms with Crippen molar-refractivity contribution in [3.8, 4) is 5.75 Å². The smallest absolute Gasteiger partial charge is 0.408 e. The summed E-state index contributed by atoms with van der Waals surface area (Å²) in [7, 11) is 0. The van der Waals surface area contributed by atoms with Crippen LogP contribution in [0.5, 0.6) is 5.75 Å². The van der Waals surface area contributed by atoms with Crippen molar-refractivity contribution in [3.63, 3.8) is 0 Å². The third-order valence-corrected chi connectivity index (χ3v) is 3.63. The fraction of sp³-hybridized carbons (Fsp3) is 0.211. The van der Waals surface area contributed by atoms with Crippen LogP contribution in [-0.4, -0.2) is 35.5 Å². The van der Waals surface area contributed by atoms with Crippen LogP contribution >= 0.6 is 0 Å². The number of hydrogen-bond donors (Lipinski definition) is 2. The summed E-state index contributed by atoms with van der Waals surface area (Å²) in [5.74, 6) is -1.28. The predicted octanol–water partition coefficient (Wildman–Crippen LogP) is 1.93. The van der Waals surface area contributed by atoms with Crippen LogP contribution in [0.1, 0.15) is 12.5 Å². The summed E-state index contributed by atoms with van der Waals surface area (Å²) in [6, 6.07) is 13.0. The van der Waals surface area contributed by atoms with Gasteiger partial charge in [-0.25, -0.2) is 9.59 Å². The minimum absolute atomic E-state index is 0.0581. The number of nitrogens with one attached hydrogen (secondary N) is 2. The highest BCUT2D eigenvalue weighted by atomic mass is 16.6. The molecule has 152 valence electrons. The first kappa shape index (κ1) is 21.4. The Kier molecular flexibility index (Phi) is 7.66. The molecule has 0 radical (unpaired) electrons. The summed E-state index contributed by atoms with van der Waals surface area (Å²) < 4.78 is 9.97. The fourth-order valence-corrected chi connectivity index (χ4v) is 2.12. The molecule has 0 aliphatic carbocycles. The molecule has 2 aromatic carbocycles. The van der Waals surface area contributed by atoms with Crippen molar-refractivity contribution in [2.45, 2.75) is 19.6 Å². The number of nitro benzene ring substituents is 1. The van der Waals surface area contributed by atoms with Crippen LogP contribution < -0.4 is 15.4 Å². The van der Waals surface area contributed by atoms with Crippen LogP contribution in [0.4, 0.5) is 10.5 Å². The van der Waals surface area contributed by atoms with E-state index in [1.54, 1.807) is 12.1 Å². The summed E-state index contributed by atoms with van der Waals surface area (Å²) in [6.45, 7) is 1.05. The van der Waals surface area contributed by atoms with Crippen molar-refractivity contribution in [2.75, 3.05) is 6.54 Å². The first-order valence-corrected chi connectivity index (χ1v) is 8.55. The van der Waals surface area contributed by atoms with Gasteiger partial charge in [-0.1, -0.05) is 30.3 Å². The molecule has 0 heterocycles. The van der Waals surface area contributed by atoms with Gasteiger partial charge in [-0.3, -0.25) is 14.9 Å². The van der Waals surface area contributed by atoms with Crippen LogP contribution in [0.25, 0.3) is 0 Å². The highest BCUT2D eigenvalue weighted by molar-refractivity contribution is 5.88. The molecule has 2 aromatic rings. The van der Waals surface area contributed by atoms with Gasteiger partial charge >= 0.3 is 12.1 Å². The quantitative estimate of drug-likeness (QED) is 0.298. The lowest BCUT2D eigenvalue weighted by Gasteiger charge is -2.14. The Balaban J connectivity index is 1.70. The molecule has 0 aliphatic heterocycles. The van der Waals surface area contributed by atoms with E-state index < -0.39 is 35.5 Å². The number of benzene rings is 2. The number of esters is 1. The number of carbonyl (C=O) groups excluding carboxylic acids is 3. The average molecular weight is 401 g/mol. The Morgan fingerprint density at radius 1 is 1.07 bits per heavy atom. The summed E-state index contributed by atoms with van der Waals surface area (Å²) in [4.78, 5) is 45.5. The number of non-ortho nitro benzene ring substituents is 1. The zero-order valence-corrected chi connectivity index (χ0v) is 15.5. The Hall–Kier alpha value is -3.95. The summed E-state index contributed by atoms with van der Waals surface area (Å²) in [5, 5.41) is 15.2. The van der Waals surface area contributed by atoms with Gasteiger partial charge in [-0.05, 0) is 24.6 Å². The minimum atomic E-state index is -0.939. The lowest BCUT2D eigenvalue weighted by molar-refractivity contribution is -0.384. The molecule has 2 rings (SSSR count). The first-order valence-electron chi connectivity index (χ1n) is 8.55. The number of carbonyl (C=O) groups is 3. The van der Waals surface area contributed by atoms with E-state index in [1.165, 1.54) is 31.2 Å². The van der Waals surface area contributed by atoms with Gasteiger partial charge in [0.15, 0.2) is 0 Å². The molecule has 0 aliphatic rings. The molecule has 29 heavy (non-hydrogen) atoms. The Morgan fingerprint density at radius 3 is 2.34 bits per heavy atom. The molecule has 0 saturated heterocycles. The molecule has 10 nitrogen and oxygen atoms in total. The van der Waals surface area contributed by atoms with E-state index in [0.29, 0.717) is 0 Å². The maximum atomic E-state index is 12.0. The van der Waals surface area contributed by atoms with Gasteiger partial charge in [-0.2, -0.15) is 0 Å². The normalized spacial score (nSPS) is 11.1. The van der Waals surface area contributed by atoms with E-state index >= 15 is 0 Å². The molecule has 2 N–H and O–H groups in total. The Bertz CT molecular complexity index is 869. The topological polar surface area (TPSA) is 137 Å². The molecular formula is C19H19N3O7. The average Bonchev–Trinajstić information content (AvgIpc) is 2.71. The van der Waals surface area contributed by atoms with Crippen LogP contribution in [0.15, 0.2) is 54.6 Å². The summed E-state index contributed by atoms with van der Waals surface area (Å²) in [5.41, 5.74) is 0.658. The van der Waals surface area contributed by atoms with Crippen LogP contribution in [0.3, 0.4) is 0 Å². The van der Waals surface area contributed by atoms with Crippen molar-refractivity contribution >= 4 is 23.7 Å². The third-order valence-electron chi connectivity index (χ3n) is 3.63. The SMILES string of the molecule is CC(NC(=O)OCc1ccccc1)C(=O)NCC(=O)Oc1ccc([N+](=O)[O-])cc1. The number of rotatable bonds is 8. The zero-order valence-electron chi connectivity index (χ0n) is 15.5. The highest BCUT2D eigenvalue weighted by Crippen LogP contribution is 2.17. The molecule has 10 heteroatoms. The largest absolute Gasteiger partial charge is 0.445 e. The van der Waals surface area contributed by atoms with Gasteiger partial charge in [0.2, 0.25) is 5.91 Å². The molecule has 0 fully saturated rings. The van der Waals surface area contributed by atoms with E-state index in [9.17, 15) is 24.5 Å².